The van der Waals surface area contributed by atoms with Gasteiger partial charge in [0.05, 0.1) is 16.2 Å². The third-order valence-electron chi connectivity index (χ3n) is 4.94. The van der Waals surface area contributed by atoms with Crippen LogP contribution in [-0.4, -0.2) is 37.3 Å². The number of benzene rings is 3. The van der Waals surface area contributed by atoms with Crippen LogP contribution in [0.15, 0.2) is 77.7 Å². The second kappa shape index (κ2) is 8.95. The molecule has 0 saturated carbocycles. The van der Waals surface area contributed by atoms with Gasteiger partial charge < -0.3 is 4.74 Å². The molecule has 0 atom stereocenters. The SMILES string of the molecule is CS(=O)(=O)c1ccc(-c2[nH]nc(OCC(=O)c3ccc(F)cc3)c2-c2ccc(F)cc2)cc1. The minimum atomic E-state index is -3.36. The van der Waals surface area contributed by atoms with E-state index in [0.717, 1.165) is 6.26 Å². The molecule has 9 heteroatoms. The summed E-state index contributed by atoms with van der Waals surface area (Å²) in [5.41, 5.74) is 2.47. The lowest BCUT2D eigenvalue weighted by Crippen LogP contribution is -2.12. The summed E-state index contributed by atoms with van der Waals surface area (Å²) >= 11 is 0. The molecule has 0 amide bonds. The molecule has 1 heterocycles. The molecule has 0 spiro atoms. The summed E-state index contributed by atoms with van der Waals surface area (Å²) < 4.78 is 55.8. The Labute approximate surface area is 188 Å². The number of aromatic amines is 1. The fourth-order valence-corrected chi connectivity index (χ4v) is 3.88. The number of carbonyl (C=O) groups is 1. The molecule has 4 aromatic rings. The second-order valence-electron chi connectivity index (χ2n) is 7.30. The molecule has 0 fully saturated rings. The summed E-state index contributed by atoms with van der Waals surface area (Å²) in [5, 5.41) is 7.02. The molecule has 168 valence electrons. The quantitative estimate of drug-likeness (QED) is 0.398. The Morgan fingerprint density at radius 1 is 0.879 bits per heavy atom. The van der Waals surface area contributed by atoms with E-state index in [1.807, 2.05) is 0 Å². The van der Waals surface area contributed by atoms with Crippen LogP contribution >= 0.6 is 0 Å². The van der Waals surface area contributed by atoms with E-state index in [-0.39, 0.29) is 28.7 Å². The Hall–Kier alpha value is -3.85. The number of rotatable bonds is 7. The van der Waals surface area contributed by atoms with Crippen LogP contribution in [0.2, 0.25) is 0 Å². The molecule has 1 N–H and O–H groups in total. The van der Waals surface area contributed by atoms with Gasteiger partial charge in [-0.05, 0) is 54.1 Å². The summed E-state index contributed by atoms with van der Waals surface area (Å²) in [6, 6.07) is 16.9. The van der Waals surface area contributed by atoms with E-state index in [0.29, 0.717) is 22.4 Å². The zero-order valence-electron chi connectivity index (χ0n) is 17.4. The fraction of sp³-hybridized carbons (Fsp3) is 0.0833. The molecule has 0 radical (unpaired) electrons. The van der Waals surface area contributed by atoms with Crippen molar-refractivity contribution >= 4 is 15.6 Å². The minimum Gasteiger partial charge on any atom is -0.468 e. The van der Waals surface area contributed by atoms with Crippen LogP contribution in [0.25, 0.3) is 22.4 Å². The van der Waals surface area contributed by atoms with Crippen LogP contribution in [0.4, 0.5) is 8.78 Å². The van der Waals surface area contributed by atoms with E-state index in [2.05, 4.69) is 10.2 Å². The van der Waals surface area contributed by atoms with Crippen molar-refractivity contribution in [3.05, 3.63) is 90.0 Å². The van der Waals surface area contributed by atoms with Crippen molar-refractivity contribution in [2.45, 2.75) is 4.90 Å². The van der Waals surface area contributed by atoms with Gasteiger partial charge in [-0.3, -0.25) is 9.89 Å². The van der Waals surface area contributed by atoms with Crippen LogP contribution in [-0.2, 0) is 9.84 Å². The molecule has 4 rings (SSSR count). The van der Waals surface area contributed by atoms with E-state index >= 15 is 0 Å². The lowest BCUT2D eigenvalue weighted by atomic mass is 10.0. The third kappa shape index (κ3) is 4.98. The Morgan fingerprint density at radius 3 is 2.00 bits per heavy atom. The average molecular weight is 468 g/mol. The number of nitrogens with zero attached hydrogens (tertiary/aromatic N) is 1. The number of ether oxygens (including phenoxy) is 1. The highest BCUT2D eigenvalue weighted by atomic mass is 32.2. The van der Waals surface area contributed by atoms with Gasteiger partial charge in [-0.25, -0.2) is 17.2 Å². The average Bonchev–Trinajstić information content (AvgIpc) is 3.22. The first-order chi connectivity index (χ1) is 15.7. The van der Waals surface area contributed by atoms with Gasteiger partial charge in [0.2, 0.25) is 5.88 Å². The van der Waals surface area contributed by atoms with Crippen molar-refractivity contribution < 1.29 is 26.7 Å². The van der Waals surface area contributed by atoms with Crippen LogP contribution in [0.5, 0.6) is 5.88 Å². The van der Waals surface area contributed by atoms with E-state index < -0.39 is 21.5 Å². The molecule has 0 bridgehead atoms. The number of carbonyl (C=O) groups excluding carboxylic acids is 1. The number of sulfone groups is 1. The van der Waals surface area contributed by atoms with Crippen LogP contribution in [0.3, 0.4) is 0 Å². The topological polar surface area (TPSA) is 89.1 Å². The molecule has 0 unspecified atom stereocenters. The summed E-state index contributed by atoms with van der Waals surface area (Å²) in [6.07, 6.45) is 1.12. The molecule has 0 aliphatic rings. The third-order valence-corrected chi connectivity index (χ3v) is 6.07. The standard InChI is InChI=1S/C24H18F2N2O4S/c1-33(30,31)20-12-6-17(7-13-20)23-22(16-4-10-19(26)11-5-16)24(28-27-23)32-14-21(29)15-2-8-18(25)9-3-15/h2-13H,14H2,1H3,(H,27,28). The van der Waals surface area contributed by atoms with Gasteiger partial charge in [0.1, 0.15) is 11.6 Å². The normalized spacial score (nSPS) is 11.4. The van der Waals surface area contributed by atoms with Crippen molar-refractivity contribution in [2.75, 3.05) is 12.9 Å². The predicted molar refractivity (Wildman–Crippen MR) is 119 cm³/mol. The molecule has 6 nitrogen and oxygen atoms in total. The molecule has 1 aromatic heterocycles. The first-order valence-electron chi connectivity index (χ1n) is 9.79. The lowest BCUT2D eigenvalue weighted by Gasteiger charge is -2.09. The maximum atomic E-state index is 13.5. The number of aromatic nitrogens is 2. The molecule has 33 heavy (non-hydrogen) atoms. The van der Waals surface area contributed by atoms with Gasteiger partial charge in [0.15, 0.2) is 22.2 Å². The summed E-state index contributed by atoms with van der Waals surface area (Å²) in [5.74, 6) is -1.14. The van der Waals surface area contributed by atoms with Gasteiger partial charge in [-0.2, -0.15) is 0 Å². The molecule has 0 saturated heterocycles. The molecule has 3 aromatic carbocycles. The van der Waals surface area contributed by atoms with Crippen LogP contribution in [0.1, 0.15) is 10.4 Å². The maximum absolute atomic E-state index is 13.5. The number of ketones is 1. The van der Waals surface area contributed by atoms with Gasteiger partial charge in [-0.15, -0.1) is 5.10 Å². The number of nitrogens with one attached hydrogen (secondary N) is 1. The van der Waals surface area contributed by atoms with E-state index in [4.69, 9.17) is 4.74 Å². The number of Topliss-reactive ketones (excluding diaryl/α,β-unsaturated/α-hetero) is 1. The summed E-state index contributed by atoms with van der Waals surface area (Å²) in [6.45, 7) is -0.350. The number of hydrogen-bond donors (Lipinski definition) is 1. The van der Waals surface area contributed by atoms with Crippen molar-refractivity contribution in [1.82, 2.24) is 10.2 Å². The fourth-order valence-electron chi connectivity index (χ4n) is 3.24. The maximum Gasteiger partial charge on any atom is 0.241 e. The number of H-pyrrole nitrogens is 1. The number of halogens is 2. The van der Waals surface area contributed by atoms with Crippen LogP contribution < -0.4 is 4.74 Å². The van der Waals surface area contributed by atoms with E-state index in [1.54, 1.807) is 24.3 Å². The van der Waals surface area contributed by atoms with Gasteiger partial charge in [-0.1, -0.05) is 24.3 Å². The van der Waals surface area contributed by atoms with Gasteiger partial charge in [0.25, 0.3) is 0 Å². The molecule has 0 aliphatic heterocycles. The first kappa shape index (κ1) is 22.3. The predicted octanol–water partition coefficient (Wildman–Crippen LogP) is 4.69. The Bertz CT molecular complexity index is 1400. The second-order valence-corrected chi connectivity index (χ2v) is 9.32. The Balaban J connectivity index is 1.69. The zero-order valence-corrected chi connectivity index (χ0v) is 18.2. The van der Waals surface area contributed by atoms with Gasteiger partial charge in [0, 0.05) is 17.4 Å². The molecule has 0 aliphatic carbocycles. The van der Waals surface area contributed by atoms with Crippen molar-refractivity contribution in [2.24, 2.45) is 0 Å². The summed E-state index contributed by atoms with van der Waals surface area (Å²) in [4.78, 5) is 12.6. The lowest BCUT2D eigenvalue weighted by molar-refractivity contribution is 0.0918. The van der Waals surface area contributed by atoms with E-state index in [9.17, 15) is 22.0 Å². The molecular weight excluding hydrogens is 450 g/mol. The Kier molecular flexibility index (Phi) is 6.06. The minimum absolute atomic E-state index is 0.110. The van der Waals surface area contributed by atoms with Crippen molar-refractivity contribution in [3.8, 4) is 28.3 Å². The van der Waals surface area contributed by atoms with Gasteiger partial charge >= 0.3 is 0 Å². The highest BCUT2D eigenvalue weighted by Crippen LogP contribution is 2.37. The monoisotopic (exact) mass is 468 g/mol. The van der Waals surface area contributed by atoms with Crippen LogP contribution in [0, 0.1) is 11.6 Å². The Morgan fingerprint density at radius 2 is 1.42 bits per heavy atom. The van der Waals surface area contributed by atoms with Crippen molar-refractivity contribution in [1.29, 1.82) is 0 Å². The molecular formula is C24H18F2N2O4S. The first-order valence-corrected chi connectivity index (χ1v) is 11.7. The smallest absolute Gasteiger partial charge is 0.241 e. The van der Waals surface area contributed by atoms with Crippen molar-refractivity contribution in [3.63, 3.8) is 0 Å². The largest absolute Gasteiger partial charge is 0.468 e. The summed E-state index contributed by atoms with van der Waals surface area (Å²) in [7, 11) is -3.36. The highest BCUT2D eigenvalue weighted by Gasteiger charge is 2.20. The van der Waals surface area contributed by atoms with E-state index in [1.165, 1.54) is 48.5 Å². The highest BCUT2D eigenvalue weighted by molar-refractivity contribution is 7.90. The number of hydrogen-bond acceptors (Lipinski definition) is 5. The zero-order chi connectivity index (χ0) is 23.6.